The molecule has 15 heavy (non-hydrogen) atoms. The average Bonchev–Trinajstić information content (AvgIpc) is 2.60. The smallest absolute Gasteiger partial charge is 0.225 e. The average molecular weight is 220 g/mol. The molecule has 2 N–H and O–H groups in total. The van der Waals surface area contributed by atoms with Crippen LogP contribution in [0.15, 0.2) is 33.7 Å². The molecule has 0 spiro atoms. The molecule has 0 bridgehead atoms. The maximum Gasteiger partial charge on any atom is 0.225 e. The predicted octanol–water partition coefficient (Wildman–Crippen LogP) is 2.95. The largest absolute Gasteiger partial charge is 0.367 e. The summed E-state index contributed by atoms with van der Waals surface area (Å²) in [7, 11) is 0. The van der Waals surface area contributed by atoms with E-state index in [-0.39, 0.29) is 0 Å². The van der Waals surface area contributed by atoms with Crippen molar-refractivity contribution in [1.82, 2.24) is 5.16 Å². The molecule has 0 amide bonds. The molecular weight excluding hydrogens is 208 g/mol. The van der Waals surface area contributed by atoms with E-state index in [1.165, 1.54) is 4.90 Å². The molecule has 3 nitrogen and oxygen atoms in total. The number of benzene rings is 1. The minimum absolute atomic E-state index is 0.388. The number of hydrogen-bond donors (Lipinski definition) is 1. The fraction of sp³-hybridized carbons (Fsp3) is 0.182. The molecule has 4 heteroatoms. The fourth-order valence-electron chi connectivity index (χ4n) is 1.37. The van der Waals surface area contributed by atoms with Gasteiger partial charge in [0.05, 0.1) is 0 Å². The Kier molecular flexibility index (Phi) is 2.68. The third kappa shape index (κ3) is 1.85. The van der Waals surface area contributed by atoms with Crippen LogP contribution in [0.3, 0.4) is 0 Å². The monoisotopic (exact) mass is 220 g/mol. The first-order valence-corrected chi connectivity index (χ1v) is 5.81. The molecule has 0 aliphatic rings. The van der Waals surface area contributed by atoms with Crippen molar-refractivity contribution in [3.63, 3.8) is 0 Å². The van der Waals surface area contributed by atoms with E-state index >= 15 is 0 Å². The third-order valence-corrected chi connectivity index (χ3v) is 3.07. The summed E-state index contributed by atoms with van der Waals surface area (Å²) in [5.74, 6) is 0.388. The Bertz CT molecular complexity index is 462. The first-order chi connectivity index (χ1) is 7.22. The molecule has 0 saturated carbocycles. The van der Waals surface area contributed by atoms with Crippen LogP contribution in [0, 0.1) is 6.92 Å². The van der Waals surface area contributed by atoms with Crippen LogP contribution in [0.4, 0.5) is 5.88 Å². The van der Waals surface area contributed by atoms with Gasteiger partial charge in [-0.15, -0.1) is 11.8 Å². The van der Waals surface area contributed by atoms with Crippen molar-refractivity contribution in [2.24, 2.45) is 0 Å². The topological polar surface area (TPSA) is 52.0 Å². The van der Waals surface area contributed by atoms with E-state index in [1.54, 1.807) is 11.8 Å². The Hall–Kier alpha value is -1.42. The minimum atomic E-state index is 0.388. The Morgan fingerprint density at radius 1 is 1.27 bits per heavy atom. The summed E-state index contributed by atoms with van der Waals surface area (Å²) >= 11 is 1.71. The number of anilines is 1. The molecule has 0 unspecified atom stereocenters. The van der Waals surface area contributed by atoms with Gasteiger partial charge in [-0.1, -0.05) is 17.3 Å². The van der Waals surface area contributed by atoms with Crippen molar-refractivity contribution < 1.29 is 4.52 Å². The maximum atomic E-state index is 5.60. The molecule has 0 aliphatic heterocycles. The number of nitrogens with two attached hydrogens (primary N) is 1. The Labute approximate surface area is 92.6 Å². The second-order valence-electron chi connectivity index (χ2n) is 3.25. The Balaban J connectivity index is 2.41. The number of aromatic nitrogens is 1. The van der Waals surface area contributed by atoms with Gasteiger partial charge in [-0.3, -0.25) is 0 Å². The van der Waals surface area contributed by atoms with Crippen LogP contribution in [0.25, 0.3) is 11.3 Å². The van der Waals surface area contributed by atoms with E-state index < -0.39 is 0 Å². The molecule has 2 rings (SSSR count). The molecule has 2 aromatic rings. The molecule has 78 valence electrons. The third-order valence-electron chi connectivity index (χ3n) is 2.32. The molecule has 0 saturated heterocycles. The summed E-state index contributed by atoms with van der Waals surface area (Å²) in [6.45, 7) is 1.91. The van der Waals surface area contributed by atoms with Gasteiger partial charge in [0.2, 0.25) is 5.88 Å². The summed E-state index contributed by atoms with van der Waals surface area (Å²) in [4.78, 5) is 1.23. The molecule has 0 aliphatic carbocycles. The molecule has 1 heterocycles. The molecule has 1 aromatic carbocycles. The number of hydrogen-bond acceptors (Lipinski definition) is 4. The highest BCUT2D eigenvalue weighted by molar-refractivity contribution is 7.98. The van der Waals surface area contributed by atoms with Gasteiger partial charge >= 0.3 is 0 Å². The van der Waals surface area contributed by atoms with Crippen LogP contribution >= 0.6 is 11.8 Å². The second kappa shape index (κ2) is 3.98. The Morgan fingerprint density at radius 2 is 1.93 bits per heavy atom. The number of nitrogens with zero attached hydrogens (tertiary/aromatic N) is 1. The van der Waals surface area contributed by atoms with E-state index in [9.17, 15) is 0 Å². The first-order valence-electron chi connectivity index (χ1n) is 4.58. The highest BCUT2D eigenvalue weighted by atomic mass is 32.2. The number of thioether (sulfide) groups is 1. The quantitative estimate of drug-likeness (QED) is 0.790. The second-order valence-corrected chi connectivity index (χ2v) is 4.13. The van der Waals surface area contributed by atoms with Crippen LogP contribution < -0.4 is 5.73 Å². The van der Waals surface area contributed by atoms with Gasteiger partial charge < -0.3 is 10.3 Å². The van der Waals surface area contributed by atoms with Crippen molar-refractivity contribution in [3.8, 4) is 11.3 Å². The standard InChI is InChI=1S/C11H12N2OS/c1-7-10(13-14-11(7)12)8-3-5-9(15-2)6-4-8/h3-6H,12H2,1-2H3. The van der Waals surface area contributed by atoms with Gasteiger partial charge in [0.1, 0.15) is 5.69 Å². The van der Waals surface area contributed by atoms with E-state index in [1.807, 2.05) is 25.3 Å². The number of nitrogen functional groups attached to an aromatic ring is 1. The summed E-state index contributed by atoms with van der Waals surface area (Å²) in [5, 5.41) is 3.93. The lowest BCUT2D eigenvalue weighted by Crippen LogP contribution is -1.85. The van der Waals surface area contributed by atoms with Gasteiger partial charge in [0.15, 0.2) is 0 Å². The maximum absolute atomic E-state index is 5.60. The lowest BCUT2D eigenvalue weighted by atomic mass is 10.1. The molecular formula is C11H12N2OS. The van der Waals surface area contributed by atoms with Crippen molar-refractivity contribution in [3.05, 3.63) is 29.8 Å². The van der Waals surface area contributed by atoms with Gasteiger partial charge in [-0.25, -0.2) is 0 Å². The van der Waals surface area contributed by atoms with Crippen molar-refractivity contribution >= 4 is 17.6 Å². The SMILES string of the molecule is CSc1ccc(-c2noc(N)c2C)cc1. The molecule has 0 fully saturated rings. The van der Waals surface area contributed by atoms with Crippen molar-refractivity contribution in [2.75, 3.05) is 12.0 Å². The van der Waals surface area contributed by atoms with Crippen molar-refractivity contribution in [1.29, 1.82) is 0 Å². The predicted molar refractivity (Wildman–Crippen MR) is 62.9 cm³/mol. The van der Waals surface area contributed by atoms with Crippen LogP contribution in [-0.2, 0) is 0 Å². The van der Waals surface area contributed by atoms with Gasteiger partial charge in [-0.05, 0) is 25.3 Å². The lowest BCUT2D eigenvalue weighted by molar-refractivity contribution is 0.439. The molecule has 1 aromatic heterocycles. The molecule has 0 atom stereocenters. The zero-order chi connectivity index (χ0) is 10.8. The van der Waals surface area contributed by atoms with Gasteiger partial charge in [0, 0.05) is 16.0 Å². The van der Waals surface area contributed by atoms with E-state index in [0.717, 1.165) is 16.8 Å². The minimum Gasteiger partial charge on any atom is -0.367 e. The van der Waals surface area contributed by atoms with E-state index in [4.69, 9.17) is 10.3 Å². The summed E-state index contributed by atoms with van der Waals surface area (Å²) < 4.78 is 4.93. The first kappa shape index (κ1) is 10.1. The van der Waals surface area contributed by atoms with E-state index in [0.29, 0.717) is 5.88 Å². The van der Waals surface area contributed by atoms with Crippen LogP contribution in [0.5, 0.6) is 0 Å². The van der Waals surface area contributed by atoms with Crippen LogP contribution in [0.1, 0.15) is 5.56 Å². The van der Waals surface area contributed by atoms with Crippen molar-refractivity contribution in [2.45, 2.75) is 11.8 Å². The highest BCUT2D eigenvalue weighted by Crippen LogP contribution is 2.27. The summed E-state index contributed by atoms with van der Waals surface area (Å²) in [5.41, 5.74) is 8.35. The summed E-state index contributed by atoms with van der Waals surface area (Å²) in [6.07, 6.45) is 2.05. The zero-order valence-electron chi connectivity index (χ0n) is 8.65. The van der Waals surface area contributed by atoms with Crippen LogP contribution in [0.2, 0.25) is 0 Å². The lowest BCUT2D eigenvalue weighted by Gasteiger charge is -1.99. The van der Waals surface area contributed by atoms with Gasteiger partial charge in [-0.2, -0.15) is 0 Å². The van der Waals surface area contributed by atoms with Gasteiger partial charge in [0.25, 0.3) is 0 Å². The fourth-order valence-corrected chi connectivity index (χ4v) is 1.77. The highest BCUT2D eigenvalue weighted by Gasteiger charge is 2.10. The summed E-state index contributed by atoms with van der Waals surface area (Å²) in [6, 6.07) is 8.17. The number of rotatable bonds is 2. The Morgan fingerprint density at radius 3 is 2.40 bits per heavy atom. The van der Waals surface area contributed by atoms with Crippen LogP contribution in [-0.4, -0.2) is 11.4 Å². The zero-order valence-corrected chi connectivity index (χ0v) is 9.47. The normalized spacial score (nSPS) is 10.5. The van der Waals surface area contributed by atoms with E-state index in [2.05, 4.69) is 17.3 Å². The molecule has 0 radical (unpaired) electrons.